The predicted octanol–water partition coefficient (Wildman–Crippen LogP) is 2.67. The van der Waals surface area contributed by atoms with Crippen LogP contribution in [0.1, 0.15) is 36.1 Å². The maximum atomic E-state index is 5.83. The Morgan fingerprint density at radius 1 is 1.38 bits per heavy atom. The summed E-state index contributed by atoms with van der Waals surface area (Å²) >= 11 is 0. The summed E-state index contributed by atoms with van der Waals surface area (Å²) in [4.78, 5) is 0. The van der Waals surface area contributed by atoms with Crippen molar-refractivity contribution in [2.45, 2.75) is 25.8 Å². The van der Waals surface area contributed by atoms with E-state index in [0.29, 0.717) is 0 Å². The normalized spacial score (nSPS) is 16.8. The minimum atomic E-state index is 0.149. The van der Waals surface area contributed by atoms with Crippen molar-refractivity contribution in [3.8, 4) is 0 Å². The molecule has 1 atom stereocenters. The fraction of sp³-hybridized carbons (Fsp3) is 0.333. The molecule has 0 saturated heterocycles. The van der Waals surface area contributed by atoms with Crippen LogP contribution >= 0.6 is 0 Å². The van der Waals surface area contributed by atoms with Crippen molar-refractivity contribution >= 4 is 6.08 Å². The summed E-state index contributed by atoms with van der Waals surface area (Å²) in [5, 5.41) is 0. The van der Waals surface area contributed by atoms with Gasteiger partial charge in [-0.25, -0.2) is 0 Å². The number of aryl methyl sites for hydroxylation is 1. The van der Waals surface area contributed by atoms with E-state index in [2.05, 4.69) is 30.4 Å². The summed E-state index contributed by atoms with van der Waals surface area (Å²) < 4.78 is 0. The molecule has 0 fully saturated rings. The molecule has 1 aliphatic carbocycles. The first-order chi connectivity index (χ1) is 6.27. The van der Waals surface area contributed by atoms with Crippen LogP contribution in [0.5, 0.6) is 0 Å². The molecule has 0 saturated carbocycles. The Morgan fingerprint density at radius 2 is 2.23 bits per heavy atom. The predicted molar refractivity (Wildman–Crippen MR) is 56.4 cm³/mol. The molecule has 0 aromatic heterocycles. The van der Waals surface area contributed by atoms with Gasteiger partial charge in [0.15, 0.2) is 0 Å². The van der Waals surface area contributed by atoms with Gasteiger partial charge < -0.3 is 5.73 Å². The van der Waals surface area contributed by atoms with Crippen LogP contribution in [-0.2, 0) is 6.42 Å². The van der Waals surface area contributed by atoms with Gasteiger partial charge in [0, 0.05) is 6.04 Å². The second-order valence-electron chi connectivity index (χ2n) is 3.69. The zero-order valence-corrected chi connectivity index (χ0v) is 7.96. The highest BCUT2D eigenvalue weighted by Crippen LogP contribution is 2.22. The van der Waals surface area contributed by atoms with Crippen LogP contribution in [0.4, 0.5) is 0 Å². The summed E-state index contributed by atoms with van der Waals surface area (Å²) in [5.41, 5.74) is 9.87. The Kier molecular flexibility index (Phi) is 2.19. The minimum Gasteiger partial charge on any atom is -0.324 e. The van der Waals surface area contributed by atoms with Crippen LogP contribution in [0.15, 0.2) is 24.3 Å². The van der Waals surface area contributed by atoms with Crippen LogP contribution < -0.4 is 5.73 Å². The van der Waals surface area contributed by atoms with Gasteiger partial charge >= 0.3 is 0 Å². The van der Waals surface area contributed by atoms with Gasteiger partial charge in [-0.1, -0.05) is 30.4 Å². The number of rotatable bonds is 1. The molecule has 13 heavy (non-hydrogen) atoms. The lowest BCUT2D eigenvalue weighted by Crippen LogP contribution is -2.06. The van der Waals surface area contributed by atoms with Gasteiger partial charge in [0.25, 0.3) is 0 Å². The number of hydrogen-bond donors (Lipinski definition) is 1. The highest BCUT2D eigenvalue weighted by Gasteiger charge is 2.06. The first kappa shape index (κ1) is 8.52. The van der Waals surface area contributed by atoms with Gasteiger partial charge in [-0.05, 0) is 36.5 Å². The van der Waals surface area contributed by atoms with E-state index in [1.54, 1.807) is 0 Å². The van der Waals surface area contributed by atoms with E-state index in [4.69, 9.17) is 5.73 Å². The average Bonchev–Trinajstić information content (AvgIpc) is 2.17. The summed E-state index contributed by atoms with van der Waals surface area (Å²) in [5.74, 6) is 0. The molecule has 0 aliphatic heterocycles. The van der Waals surface area contributed by atoms with Gasteiger partial charge in [-0.2, -0.15) is 0 Å². The molecule has 1 aliphatic rings. The fourth-order valence-corrected chi connectivity index (χ4v) is 1.74. The zero-order chi connectivity index (χ0) is 9.26. The molecule has 0 spiro atoms. The quantitative estimate of drug-likeness (QED) is 0.694. The highest BCUT2D eigenvalue weighted by molar-refractivity contribution is 5.57. The topological polar surface area (TPSA) is 26.0 Å². The van der Waals surface area contributed by atoms with Crippen molar-refractivity contribution in [2.75, 3.05) is 0 Å². The van der Waals surface area contributed by atoms with E-state index in [9.17, 15) is 0 Å². The van der Waals surface area contributed by atoms with E-state index in [0.717, 1.165) is 12.8 Å². The number of benzene rings is 1. The molecule has 0 radical (unpaired) electrons. The van der Waals surface area contributed by atoms with Crippen molar-refractivity contribution in [1.29, 1.82) is 0 Å². The Morgan fingerprint density at radius 3 is 3.00 bits per heavy atom. The van der Waals surface area contributed by atoms with Crippen molar-refractivity contribution in [3.05, 3.63) is 41.0 Å². The molecule has 1 aromatic carbocycles. The maximum absolute atomic E-state index is 5.83. The van der Waals surface area contributed by atoms with E-state index in [1.165, 1.54) is 16.7 Å². The monoisotopic (exact) mass is 173 g/mol. The molecular formula is C12H15N. The molecule has 1 unspecified atom stereocenters. The summed E-state index contributed by atoms with van der Waals surface area (Å²) in [7, 11) is 0. The van der Waals surface area contributed by atoms with Crippen molar-refractivity contribution in [3.63, 3.8) is 0 Å². The molecule has 2 rings (SSSR count). The lowest BCUT2D eigenvalue weighted by atomic mass is 9.94. The second-order valence-corrected chi connectivity index (χ2v) is 3.69. The SMILES string of the molecule is CC(N)c1ccc2c(c1)CCC=C2. The molecule has 68 valence electrons. The Bertz CT molecular complexity index is 337. The molecule has 1 nitrogen and oxygen atoms in total. The third-order valence-electron chi connectivity index (χ3n) is 2.57. The summed E-state index contributed by atoms with van der Waals surface area (Å²) in [6.07, 6.45) is 6.75. The number of fused-ring (bicyclic) bond motifs is 1. The number of allylic oxidation sites excluding steroid dienone is 1. The van der Waals surface area contributed by atoms with Crippen LogP contribution in [0.3, 0.4) is 0 Å². The van der Waals surface area contributed by atoms with Crippen LogP contribution in [0.25, 0.3) is 6.08 Å². The Balaban J connectivity index is 2.42. The highest BCUT2D eigenvalue weighted by atomic mass is 14.6. The molecular weight excluding hydrogens is 158 g/mol. The lowest BCUT2D eigenvalue weighted by Gasteiger charge is -2.13. The third-order valence-corrected chi connectivity index (χ3v) is 2.57. The van der Waals surface area contributed by atoms with Gasteiger partial charge in [0.2, 0.25) is 0 Å². The number of nitrogens with two attached hydrogens (primary N) is 1. The Labute approximate surface area is 79.3 Å². The minimum absolute atomic E-state index is 0.149. The molecule has 0 amide bonds. The maximum Gasteiger partial charge on any atom is 0.0266 e. The van der Waals surface area contributed by atoms with E-state index in [1.807, 2.05) is 6.92 Å². The molecule has 1 aromatic rings. The third kappa shape index (κ3) is 1.65. The standard InChI is InChI=1S/C12H15N/c1-9(13)11-7-6-10-4-2-3-5-12(10)8-11/h2,4,6-9H,3,5,13H2,1H3. The average molecular weight is 173 g/mol. The summed E-state index contributed by atoms with van der Waals surface area (Å²) in [6.45, 7) is 2.03. The summed E-state index contributed by atoms with van der Waals surface area (Å²) in [6, 6.07) is 6.68. The fourth-order valence-electron chi connectivity index (χ4n) is 1.74. The second kappa shape index (κ2) is 3.35. The van der Waals surface area contributed by atoms with Crippen LogP contribution in [0, 0.1) is 0 Å². The van der Waals surface area contributed by atoms with E-state index >= 15 is 0 Å². The zero-order valence-electron chi connectivity index (χ0n) is 7.96. The number of hydrogen-bond acceptors (Lipinski definition) is 1. The largest absolute Gasteiger partial charge is 0.324 e. The van der Waals surface area contributed by atoms with Gasteiger partial charge in [-0.15, -0.1) is 0 Å². The lowest BCUT2D eigenvalue weighted by molar-refractivity contribution is 0.813. The van der Waals surface area contributed by atoms with Crippen LogP contribution in [-0.4, -0.2) is 0 Å². The smallest absolute Gasteiger partial charge is 0.0266 e. The first-order valence-corrected chi connectivity index (χ1v) is 4.82. The van der Waals surface area contributed by atoms with Gasteiger partial charge in [-0.3, -0.25) is 0 Å². The van der Waals surface area contributed by atoms with Crippen LogP contribution in [0.2, 0.25) is 0 Å². The van der Waals surface area contributed by atoms with Crippen molar-refractivity contribution in [2.24, 2.45) is 5.73 Å². The van der Waals surface area contributed by atoms with E-state index < -0.39 is 0 Å². The van der Waals surface area contributed by atoms with E-state index in [-0.39, 0.29) is 6.04 Å². The van der Waals surface area contributed by atoms with Crippen molar-refractivity contribution < 1.29 is 0 Å². The molecule has 2 N–H and O–H groups in total. The molecule has 1 heteroatoms. The molecule has 0 bridgehead atoms. The molecule has 0 heterocycles. The van der Waals surface area contributed by atoms with Gasteiger partial charge in [0.1, 0.15) is 0 Å². The van der Waals surface area contributed by atoms with Crippen molar-refractivity contribution in [1.82, 2.24) is 0 Å². The van der Waals surface area contributed by atoms with Gasteiger partial charge in [0.05, 0.1) is 0 Å². The first-order valence-electron chi connectivity index (χ1n) is 4.82. The Hall–Kier alpha value is -1.08.